The summed E-state index contributed by atoms with van der Waals surface area (Å²) in [6, 6.07) is 15.0. The van der Waals surface area contributed by atoms with E-state index in [1.54, 1.807) is 12.1 Å². The summed E-state index contributed by atoms with van der Waals surface area (Å²) in [4.78, 5) is 25.5. The molecule has 5 heteroatoms. The Bertz CT molecular complexity index is 882. The molecule has 0 saturated heterocycles. The van der Waals surface area contributed by atoms with Gasteiger partial charge in [-0.15, -0.1) is 0 Å². The summed E-state index contributed by atoms with van der Waals surface area (Å²) < 4.78 is 0. The lowest BCUT2D eigenvalue weighted by molar-refractivity contribution is -0.122. The number of hydrogen-bond donors (Lipinski definition) is 3. The van der Waals surface area contributed by atoms with Gasteiger partial charge in [0.1, 0.15) is 0 Å². The van der Waals surface area contributed by atoms with Crippen molar-refractivity contribution in [3.05, 3.63) is 59.7 Å². The van der Waals surface area contributed by atoms with Crippen molar-refractivity contribution >= 4 is 23.2 Å². The molecule has 2 aromatic rings. The molecule has 2 saturated carbocycles. The number of carbonyl (C=O) groups is 2. The minimum atomic E-state index is -0.161. The third kappa shape index (κ3) is 4.20. The average molecular weight is 392 g/mol. The van der Waals surface area contributed by atoms with Gasteiger partial charge < -0.3 is 16.4 Å². The van der Waals surface area contributed by atoms with Crippen LogP contribution in [-0.2, 0) is 4.79 Å². The third-order valence-corrected chi connectivity index (χ3v) is 6.66. The first-order chi connectivity index (χ1) is 14.0. The van der Waals surface area contributed by atoms with Gasteiger partial charge in [-0.2, -0.15) is 0 Å². The first-order valence-electron chi connectivity index (χ1n) is 10.6. The van der Waals surface area contributed by atoms with Gasteiger partial charge in [0.05, 0.1) is 0 Å². The molecular weight excluding hydrogens is 362 g/mol. The van der Waals surface area contributed by atoms with Gasteiger partial charge in [-0.05, 0) is 74.3 Å². The van der Waals surface area contributed by atoms with Gasteiger partial charge in [-0.25, -0.2) is 0 Å². The molecular formula is C24H29N3O2. The Hall–Kier alpha value is -2.66. The number of fused-ring (bicyclic) bond motifs is 2. The molecule has 2 aromatic carbocycles. The molecule has 0 aliphatic heterocycles. The third-order valence-electron chi connectivity index (χ3n) is 6.66. The van der Waals surface area contributed by atoms with Crippen LogP contribution in [0.2, 0.25) is 0 Å². The zero-order chi connectivity index (χ0) is 20.4. The highest BCUT2D eigenvalue weighted by Crippen LogP contribution is 2.42. The van der Waals surface area contributed by atoms with E-state index in [9.17, 15) is 9.59 Å². The Morgan fingerprint density at radius 2 is 1.52 bits per heavy atom. The lowest BCUT2D eigenvalue weighted by atomic mass is 9.65. The molecule has 2 amide bonds. The Kier molecular flexibility index (Phi) is 5.67. The predicted octanol–water partition coefficient (Wildman–Crippen LogP) is 4.34. The van der Waals surface area contributed by atoms with E-state index in [0.717, 1.165) is 36.9 Å². The molecule has 2 fully saturated rings. The molecule has 2 aliphatic carbocycles. The fourth-order valence-corrected chi connectivity index (χ4v) is 4.93. The van der Waals surface area contributed by atoms with Crippen LogP contribution in [0.1, 0.15) is 48.0 Å². The number of carbonyl (C=O) groups excluding carboxylic acids is 2. The van der Waals surface area contributed by atoms with E-state index in [-0.39, 0.29) is 23.8 Å². The van der Waals surface area contributed by atoms with Crippen molar-refractivity contribution in [2.45, 2.75) is 45.1 Å². The molecule has 0 aromatic heterocycles. The molecule has 2 unspecified atom stereocenters. The molecule has 4 rings (SSSR count). The van der Waals surface area contributed by atoms with E-state index in [4.69, 9.17) is 5.73 Å². The first kappa shape index (κ1) is 19.6. The minimum absolute atomic E-state index is 0.0204. The van der Waals surface area contributed by atoms with Gasteiger partial charge >= 0.3 is 0 Å². The molecule has 2 atom stereocenters. The molecule has 5 nitrogen and oxygen atoms in total. The highest BCUT2D eigenvalue weighted by Gasteiger charge is 2.40. The molecule has 0 radical (unpaired) electrons. The SMILES string of the molecule is Cc1c(NC(=O)c2ccccc2)cccc1NC(=O)C1CC2CCCC(C1)C2N. The topological polar surface area (TPSA) is 84.2 Å². The molecule has 152 valence electrons. The number of rotatable bonds is 4. The Morgan fingerprint density at radius 3 is 2.17 bits per heavy atom. The molecule has 4 N–H and O–H groups in total. The maximum atomic E-state index is 13.0. The fraction of sp³-hybridized carbons (Fsp3) is 0.417. The van der Waals surface area contributed by atoms with Crippen LogP contribution in [0.15, 0.2) is 48.5 Å². The summed E-state index contributed by atoms with van der Waals surface area (Å²) >= 11 is 0. The van der Waals surface area contributed by atoms with Gasteiger partial charge in [-0.1, -0.05) is 30.7 Å². The molecule has 0 spiro atoms. The zero-order valence-corrected chi connectivity index (χ0v) is 16.9. The lowest BCUT2D eigenvalue weighted by Crippen LogP contribution is -2.48. The van der Waals surface area contributed by atoms with Gasteiger partial charge in [0.25, 0.3) is 5.91 Å². The second-order valence-corrected chi connectivity index (χ2v) is 8.48. The van der Waals surface area contributed by atoms with Crippen LogP contribution in [0.4, 0.5) is 11.4 Å². The largest absolute Gasteiger partial charge is 0.327 e. The summed E-state index contributed by atoms with van der Waals surface area (Å²) in [6.07, 6.45) is 5.28. The molecule has 2 aliphatic rings. The van der Waals surface area contributed by atoms with Crippen molar-refractivity contribution in [3.63, 3.8) is 0 Å². The van der Waals surface area contributed by atoms with Crippen LogP contribution in [-0.4, -0.2) is 17.9 Å². The molecule has 0 heterocycles. The number of amides is 2. The van der Waals surface area contributed by atoms with Gasteiger partial charge in [0.15, 0.2) is 0 Å². The van der Waals surface area contributed by atoms with E-state index in [0.29, 0.717) is 23.1 Å². The summed E-state index contributed by atoms with van der Waals surface area (Å²) in [6.45, 7) is 1.92. The van der Waals surface area contributed by atoms with E-state index in [1.165, 1.54) is 6.42 Å². The minimum Gasteiger partial charge on any atom is -0.327 e. The normalized spacial score (nSPS) is 25.9. The van der Waals surface area contributed by atoms with Crippen molar-refractivity contribution in [2.75, 3.05) is 10.6 Å². The van der Waals surface area contributed by atoms with Crippen LogP contribution in [0.5, 0.6) is 0 Å². The standard InChI is InChI=1S/C24H29N3O2/c1-15-20(26-23(28)16-7-3-2-4-8-16)11-6-12-21(15)27-24(29)19-13-17-9-5-10-18(14-19)22(17)25/h2-4,6-8,11-12,17-19,22H,5,9-10,13-14,25H2,1H3,(H,26,28)(H,27,29). The second kappa shape index (κ2) is 8.37. The van der Waals surface area contributed by atoms with Crippen LogP contribution < -0.4 is 16.4 Å². The molecule has 29 heavy (non-hydrogen) atoms. The molecule has 2 bridgehead atoms. The maximum Gasteiger partial charge on any atom is 0.255 e. The number of hydrogen-bond acceptors (Lipinski definition) is 3. The number of nitrogens with two attached hydrogens (primary N) is 1. The van der Waals surface area contributed by atoms with E-state index >= 15 is 0 Å². The fourth-order valence-electron chi connectivity index (χ4n) is 4.93. The van der Waals surface area contributed by atoms with Crippen LogP contribution >= 0.6 is 0 Å². The second-order valence-electron chi connectivity index (χ2n) is 8.48. The monoisotopic (exact) mass is 391 g/mol. The van der Waals surface area contributed by atoms with Crippen molar-refractivity contribution in [3.8, 4) is 0 Å². The Morgan fingerprint density at radius 1 is 0.897 bits per heavy atom. The lowest BCUT2D eigenvalue weighted by Gasteiger charge is -2.43. The Labute approximate surface area is 172 Å². The predicted molar refractivity (Wildman–Crippen MR) is 116 cm³/mol. The average Bonchev–Trinajstić information content (AvgIpc) is 2.71. The highest BCUT2D eigenvalue weighted by molar-refractivity contribution is 6.05. The van der Waals surface area contributed by atoms with Crippen molar-refractivity contribution in [1.29, 1.82) is 0 Å². The summed E-state index contributed by atoms with van der Waals surface area (Å²) in [5, 5.41) is 6.06. The first-order valence-corrected chi connectivity index (χ1v) is 10.6. The van der Waals surface area contributed by atoms with Crippen LogP contribution in [0.25, 0.3) is 0 Å². The van der Waals surface area contributed by atoms with E-state index in [1.807, 2.05) is 43.3 Å². The van der Waals surface area contributed by atoms with Crippen molar-refractivity contribution in [1.82, 2.24) is 0 Å². The summed E-state index contributed by atoms with van der Waals surface area (Å²) in [7, 11) is 0. The van der Waals surface area contributed by atoms with Crippen molar-refractivity contribution in [2.24, 2.45) is 23.5 Å². The van der Waals surface area contributed by atoms with Gasteiger partial charge in [0.2, 0.25) is 5.91 Å². The van der Waals surface area contributed by atoms with Crippen LogP contribution in [0.3, 0.4) is 0 Å². The van der Waals surface area contributed by atoms with Gasteiger partial charge in [0, 0.05) is 28.9 Å². The Balaban J connectivity index is 1.45. The van der Waals surface area contributed by atoms with E-state index < -0.39 is 0 Å². The van der Waals surface area contributed by atoms with Gasteiger partial charge in [-0.3, -0.25) is 9.59 Å². The highest BCUT2D eigenvalue weighted by atomic mass is 16.2. The number of anilines is 2. The van der Waals surface area contributed by atoms with Crippen LogP contribution in [0, 0.1) is 24.7 Å². The summed E-state index contributed by atoms with van der Waals surface area (Å²) in [5.74, 6) is 0.869. The maximum absolute atomic E-state index is 13.0. The zero-order valence-electron chi connectivity index (χ0n) is 16.9. The van der Waals surface area contributed by atoms with E-state index in [2.05, 4.69) is 10.6 Å². The number of benzene rings is 2. The smallest absolute Gasteiger partial charge is 0.255 e. The number of nitrogens with one attached hydrogen (secondary N) is 2. The van der Waals surface area contributed by atoms with Crippen molar-refractivity contribution < 1.29 is 9.59 Å². The summed E-state index contributed by atoms with van der Waals surface area (Å²) in [5.41, 5.74) is 9.29. The quantitative estimate of drug-likeness (QED) is 0.725.